The van der Waals surface area contributed by atoms with Crippen molar-refractivity contribution in [1.29, 1.82) is 0 Å². The molecule has 0 saturated heterocycles. The minimum absolute atomic E-state index is 0.329. The van der Waals surface area contributed by atoms with Gasteiger partial charge in [0.2, 0.25) is 0 Å². The maximum Gasteiger partial charge on any atom is 0.0595 e. The predicted octanol–water partition coefficient (Wildman–Crippen LogP) is 5.42. The van der Waals surface area contributed by atoms with Crippen molar-refractivity contribution >= 4 is 0 Å². The second kappa shape index (κ2) is 13.1. The Morgan fingerprint density at radius 2 is 1.39 bits per heavy atom. The van der Waals surface area contributed by atoms with Gasteiger partial charge in [-0.05, 0) is 80.4 Å². The summed E-state index contributed by atoms with van der Waals surface area (Å²) in [6.07, 6.45) is 11.2. The lowest BCUT2D eigenvalue weighted by Gasteiger charge is -2.30. The topological polar surface area (TPSA) is 44.3 Å². The van der Waals surface area contributed by atoms with Crippen LogP contribution in [-0.2, 0) is 19.6 Å². The first kappa shape index (κ1) is 25.8. The summed E-state index contributed by atoms with van der Waals surface area (Å²) in [5.74, 6) is 0. The molecule has 0 spiro atoms. The average Bonchev–Trinajstić information content (AvgIpc) is 2.88. The van der Waals surface area contributed by atoms with E-state index in [1.54, 1.807) is 0 Å². The van der Waals surface area contributed by atoms with E-state index in [9.17, 15) is 0 Å². The van der Waals surface area contributed by atoms with Gasteiger partial charge in [-0.3, -0.25) is 19.8 Å². The first-order valence-electron chi connectivity index (χ1n) is 13.0. The van der Waals surface area contributed by atoms with Gasteiger partial charge in [-0.2, -0.15) is 0 Å². The summed E-state index contributed by atoms with van der Waals surface area (Å²) in [7, 11) is 0. The summed E-state index contributed by atoms with van der Waals surface area (Å²) in [6.45, 7) is 12.1. The highest BCUT2D eigenvalue weighted by atomic mass is 15.2. The molecule has 1 atom stereocenters. The number of aryl methyl sites for hydroxylation is 2. The minimum Gasteiger partial charge on any atom is -0.383 e. The van der Waals surface area contributed by atoms with Gasteiger partial charge in [-0.15, -0.1) is 0 Å². The summed E-state index contributed by atoms with van der Waals surface area (Å²) >= 11 is 0. The second-order valence-corrected chi connectivity index (χ2v) is 9.81. The van der Waals surface area contributed by atoms with Crippen LogP contribution in [-0.4, -0.2) is 45.4 Å². The molecule has 5 nitrogen and oxygen atoms in total. The Hall–Kier alpha value is -3.28. The lowest BCUT2D eigenvalue weighted by atomic mass is 10.1. The molecule has 0 fully saturated rings. The Bertz CT molecular complexity index is 1150. The van der Waals surface area contributed by atoms with Gasteiger partial charge in [0.1, 0.15) is 0 Å². The number of benzene rings is 1. The van der Waals surface area contributed by atoms with E-state index >= 15 is 0 Å². The van der Waals surface area contributed by atoms with Crippen molar-refractivity contribution in [2.24, 2.45) is 0 Å². The fourth-order valence-electron chi connectivity index (χ4n) is 4.67. The molecule has 3 aromatic rings. The maximum atomic E-state index is 4.69. The van der Waals surface area contributed by atoms with Crippen LogP contribution in [0.2, 0.25) is 0 Å². The van der Waals surface area contributed by atoms with Crippen molar-refractivity contribution in [3.63, 3.8) is 0 Å². The first-order valence-corrected chi connectivity index (χ1v) is 13.0. The number of dihydropyridines is 1. The van der Waals surface area contributed by atoms with Gasteiger partial charge in [-0.1, -0.05) is 48.5 Å². The van der Waals surface area contributed by atoms with Crippen molar-refractivity contribution in [3.05, 3.63) is 119 Å². The van der Waals surface area contributed by atoms with E-state index in [1.165, 1.54) is 22.3 Å². The summed E-state index contributed by atoms with van der Waals surface area (Å²) in [5.41, 5.74) is 7.54. The largest absolute Gasteiger partial charge is 0.383 e. The second-order valence-electron chi connectivity index (χ2n) is 9.81. The highest BCUT2D eigenvalue weighted by Gasteiger charge is 2.18. The molecule has 1 N–H and O–H groups in total. The quantitative estimate of drug-likeness (QED) is 0.374. The zero-order valence-corrected chi connectivity index (χ0v) is 21.9. The SMILES string of the molecule is CC1=CC=CNC1CN(CCCN(Cc1ccccc1)Cc1ncccc1C)Cc1ncccc1C. The molecular formula is C31H39N5. The van der Waals surface area contributed by atoms with Gasteiger partial charge in [-0.25, -0.2) is 0 Å². The molecule has 188 valence electrons. The van der Waals surface area contributed by atoms with Crippen molar-refractivity contribution in [1.82, 2.24) is 25.1 Å². The molecule has 1 aliphatic rings. The van der Waals surface area contributed by atoms with Crippen LogP contribution in [0, 0.1) is 13.8 Å². The van der Waals surface area contributed by atoms with Crippen LogP contribution >= 0.6 is 0 Å². The van der Waals surface area contributed by atoms with Crippen molar-refractivity contribution in [3.8, 4) is 0 Å². The fraction of sp³-hybridized carbons (Fsp3) is 0.355. The van der Waals surface area contributed by atoms with Crippen molar-refractivity contribution in [2.75, 3.05) is 19.6 Å². The summed E-state index contributed by atoms with van der Waals surface area (Å²) < 4.78 is 0. The molecular weight excluding hydrogens is 442 g/mol. The van der Waals surface area contributed by atoms with Crippen LogP contribution in [0.5, 0.6) is 0 Å². The number of nitrogens with one attached hydrogen (secondary N) is 1. The highest BCUT2D eigenvalue weighted by Crippen LogP contribution is 2.15. The normalized spacial score (nSPS) is 15.2. The third kappa shape index (κ3) is 7.61. The zero-order valence-electron chi connectivity index (χ0n) is 21.9. The van der Waals surface area contributed by atoms with Crippen LogP contribution < -0.4 is 5.32 Å². The molecule has 1 aliphatic heterocycles. The number of hydrogen-bond donors (Lipinski definition) is 1. The lowest BCUT2D eigenvalue weighted by molar-refractivity contribution is 0.202. The number of allylic oxidation sites excluding steroid dienone is 2. The lowest BCUT2D eigenvalue weighted by Crippen LogP contribution is -2.41. The maximum absolute atomic E-state index is 4.69. The molecule has 4 rings (SSSR count). The Labute approximate surface area is 216 Å². The standard InChI is InChI=1S/C31H39N5/c1-25-11-7-16-32-29(25)22-35(21-28-14-5-4-6-15-28)19-10-20-36(23-30-26(2)12-8-17-33-30)24-31-27(3)13-9-18-34-31/h4-9,11-18,30,33H,10,19-24H2,1-3H3. The van der Waals surface area contributed by atoms with Crippen LogP contribution in [0.1, 0.15) is 41.4 Å². The smallest absolute Gasteiger partial charge is 0.0595 e. The van der Waals surface area contributed by atoms with Gasteiger partial charge in [0.15, 0.2) is 0 Å². The van der Waals surface area contributed by atoms with E-state index in [4.69, 9.17) is 0 Å². The van der Waals surface area contributed by atoms with E-state index in [0.717, 1.165) is 57.1 Å². The van der Waals surface area contributed by atoms with E-state index in [2.05, 4.69) is 107 Å². The Morgan fingerprint density at radius 1 is 0.750 bits per heavy atom. The molecule has 0 amide bonds. The third-order valence-electron chi connectivity index (χ3n) is 6.92. The number of rotatable bonds is 12. The minimum atomic E-state index is 0.329. The molecule has 0 radical (unpaired) electrons. The van der Waals surface area contributed by atoms with Crippen molar-refractivity contribution in [2.45, 2.75) is 52.9 Å². The van der Waals surface area contributed by atoms with Gasteiger partial charge < -0.3 is 5.32 Å². The molecule has 0 aliphatic carbocycles. The number of aromatic nitrogens is 2. The van der Waals surface area contributed by atoms with E-state index in [-0.39, 0.29) is 0 Å². The molecule has 36 heavy (non-hydrogen) atoms. The number of hydrogen-bond acceptors (Lipinski definition) is 5. The monoisotopic (exact) mass is 481 g/mol. The fourth-order valence-corrected chi connectivity index (χ4v) is 4.67. The number of nitrogens with zero attached hydrogens (tertiary/aromatic N) is 4. The van der Waals surface area contributed by atoms with Crippen LogP contribution in [0.3, 0.4) is 0 Å². The summed E-state index contributed by atoms with van der Waals surface area (Å²) in [5, 5.41) is 3.54. The average molecular weight is 482 g/mol. The number of pyridine rings is 2. The highest BCUT2D eigenvalue weighted by molar-refractivity contribution is 5.22. The predicted molar refractivity (Wildman–Crippen MR) is 148 cm³/mol. The molecule has 1 unspecified atom stereocenters. The first-order chi connectivity index (χ1) is 17.6. The van der Waals surface area contributed by atoms with Gasteiger partial charge in [0, 0.05) is 45.1 Å². The molecule has 0 saturated carbocycles. The van der Waals surface area contributed by atoms with Crippen LogP contribution in [0.25, 0.3) is 0 Å². The van der Waals surface area contributed by atoms with Gasteiger partial charge >= 0.3 is 0 Å². The molecule has 1 aromatic carbocycles. The Kier molecular flexibility index (Phi) is 9.42. The van der Waals surface area contributed by atoms with Crippen molar-refractivity contribution < 1.29 is 0 Å². The summed E-state index contributed by atoms with van der Waals surface area (Å²) in [6, 6.07) is 19.4. The van der Waals surface area contributed by atoms with E-state index < -0.39 is 0 Å². The molecule has 2 aromatic heterocycles. The third-order valence-corrected chi connectivity index (χ3v) is 6.92. The molecule has 0 bridgehead atoms. The molecule has 3 heterocycles. The molecule has 5 heteroatoms. The summed E-state index contributed by atoms with van der Waals surface area (Å²) in [4.78, 5) is 14.4. The van der Waals surface area contributed by atoms with E-state index in [1.807, 2.05) is 24.5 Å². The van der Waals surface area contributed by atoms with Crippen LogP contribution in [0.15, 0.2) is 90.9 Å². The van der Waals surface area contributed by atoms with Crippen LogP contribution in [0.4, 0.5) is 0 Å². The van der Waals surface area contributed by atoms with Gasteiger partial charge in [0.25, 0.3) is 0 Å². The van der Waals surface area contributed by atoms with Gasteiger partial charge in [0.05, 0.1) is 17.4 Å². The van der Waals surface area contributed by atoms with E-state index in [0.29, 0.717) is 6.04 Å². The Morgan fingerprint density at radius 3 is 2.03 bits per heavy atom. The zero-order chi connectivity index (χ0) is 25.2. The Balaban J connectivity index is 1.44.